The zero-order valence-electron chi connectivity index (χ0n) is 30.4. The Labute approximate surface area is 290 Å². The van der Waals surface area contributed by atoms with Crippen LogP contribution in [0.15, 0.2) is 164 Å². The molecule has 0 aliphatic carbocycles. The second kappa shape index (κ2) is 12.8. The number of allylic oxidation sites excluding steroid dienone is 1. The lowest BCUT2D eigenvalue weighted by Gasteiger charge is -2.10. The topological polar surface area (TPSA) is 56.5 Å². The fourth-order valence-electron chi connectivity index (χ4n) is 5.97. The number of para-hydroxylation sites is 2. The molecule has 0 amide bonds. The number of hydrogen-bond donors (Lipinski definition) is 0. The summed E-state index contributed by atoms with van der Waals surface area (Å²) >= 11 is 0. The largest absolute Gasteiger partial charge is 0.310 e. The second-order valence-electron chi connectivity index (χ2n) is 11.5. The lowest BCUT2D eigenvalue weighted by molar-refractivity contribution is 1.07. The summed E-state index contributed by atoms with van der Waals surface area (Å²) < 4.78 is 34.9. The number of hydrogen-bond acceptors (Lipinski definition) is 4. The van der Waals surface area contributed by atoms with Crippen LogP contribution in [0.1, 0.15) is 11.0 Å². The highest BCUT2D eigenvalue weighted by Crippen LogP contribution is 2.28. The van der Waals surface area contributed by atoms with Gasteiger partial charge in [0.2, 0.25) is 0 Å². The first kappa shape index (κ1) is 25.4. The van der Waals surface area contributed by atoms with E-state index in [1.807, 2.05) is 91.0 Å². The zero-order valence-corrected chi connectivity index (χ0v) is 26.4. The van der Waals surface area contributed by atoms with Crippen molar-refractivity contribution in [2.75, 3.05) is 0 Å². The Morgan fingerprint density at radius 3 is 2.00 bits per heavy atom. The molecule has 0 bridgehead atoms. The minimum absolute atomic E-state index is 0.175. The molecule has 3 aromatic heterocycles. The van der Waals surface area contributed by atoms with Crippen molar-refractivity contribution in [1.82, 2.24) is 24.5 Å². The molecule has 0 fully saturated rings. The minimum Gasteiger partial charge on any atom is -0.310 e. The summed E-state index contributed by atoms with van der Waals surface area (Å²) in [5.74, 6) is 1.37. The first-order valence-electron chi connectivity index (χ1n) is 17.8. The molecule has 0 spiro atoms. The standard InChI is InChI=1S/C44H31N5/c1-30(27-40-31(2)49(38-18-7-4-8-19-38)41-21-10-9-20-39(40)41)32-22-24-34(25-23-32)43-46-42(33-13-5-3-6-14-33)47-44(48-43)36-16-11-15-35(28-36)37-17-12-26-45-29-37/h3-29H,1-2H2/b40-27+/i12D,17D,26D,29D. The monoisotopic (exact) mass is 633 g/mol. The Morgan fingerprint density at radius 2 is 1.24 bits per heavy atom. The van der Waals surface area contributed by atoms with E-state index in [1.165, 1.54) is 0 Å². The molecule has 5 heteroatoms. The molecule has 0 unspecified atom stereocenters. The third kappa shape index (κ3) is 5.86. The van der Waals surface area contributed by atoms with Gasteiger partial charge in [-0.2, -0.15) is 0 Å². The molecular formula is C44H31N5. The van der Waals surface area contributed by atoms with Crippen LogP contribution in [0.4, 0.5) is 0 Å². The quantitative estimate of drug-likeness (QED) is 0.176. The lowest BCUT2D eigenvalue weighted by atomic mass is 10.0. The molecular weight excluding hydrogens is 599 g/mol. The van der Waals surface area contributed by atoms with Gasteiger partial charge in [-0.3, -0.25) is 4.98 Å². The fourth-order valence-corrected chi connectivity index (χ4v) is 5.97. The van der Waals surface area contributed by atoms with Crippen molar-refractivity contribution in [1.29, 1.82) is 0 Å². The first-order valence-corrected chi connectivity index (χ1v) is 15.8. The van der Waals surface area contributed by atoms with Gasteiger partial charge in [0.1, 0.15) is 0 Å². The zero-order chi connectivity index (χ0) is 36.6. The third-order valence-electron chi connectivity index (χ3n) is 8.41. The van der Waals surface area contributed by atoms with Gasteiger partial charge in [0, 0.05) is 56.2 Å². The summed E-state index contributed by atoms with van der Waals surface area (Å²) in [6.45, 7) is 8.90. The molecule has 0 saturated heterocycles. The maximum Gasteiger partial charge on any atom is 0.164 e. The molecule has 5 aromatic carbocycles. The molecule has 0 radical (unpaired) electrons. The maximum absolute atomic E-state index is 8.45. The van der Waals surface area contributed by atoms with Gasteiger partial charge in [-0.15, -0.1) is 0 Å². The van der Waals surface area contributed by atoms with Crippen molar-refractivity contribution < 1.29 is 5.48 Å². The van der Waals surface area contributed by atoms with E-state index in [4.69, 9.17) is 20.4 Å². The van der Waals surface area contributed by atoms with E-state index in [0.29, 0.717) is 28.6 Å². The highest BCUT2D eigenvalue weighted by atomic mass is 15.0. The van der Waals surface area contributed by atoms with Crippen molar-refractivity contribution in [3.05, 3.63) is 181 Å². The van der Waals surface area contributed by atoms with Gasteiger partial charge in [-0.1, -0.05) is 128 Å². The predicted molar refractivity (Wildman–Crippen MR) is 201 cm³/mol. The Balaban J connectivity index is 1.19. The van der Waals surface area contributed by atoms with E-state index in [9.17, 15) is 0 Å². The van der Waals surface area contributed by atoms with Gasteiger partial charge in [0.15, 0.2) is 17.5 Å². The van der Waals surface area contributed by atoms with Gasteiger partial charge in [0.05, 0.1) is 11.0 Å². The number of nitrogens with zero attached hydrogens (tertiary/aromatic N) is 5. The molecule has 5 nitrogen and oxygen atoms in total. The van der Waals surface area contributed by atoms with Crippen LogP contribution in [0.3, 0.4) is 0 Å². The van der Waals surface area contributed by atoms with E-state index in [0.717, 1.165) is 49.4 Å². The number of aromatic nitrogens is 5. The molecule has 0 aliphatic heterocycles. The van der Waals surface area contributed by atoms with Crippen molar-refractivity contribution in [2.24, 2.45) is 0 Å². The van der Waals surface area contributed by atoms with E-state index in [2.05, 4.69) is 53.1 Å². The van der Waals surface area contributed by atoms with Gasteiger partial charge in [-0.25, -0.2) is 15.0 Å². The summed E-state index contributed by atoms with van der Waals surface area (Å²) in [6.07, 6.45) is 1.45. The number of fused-ring (bicyclic) bond motifs is 1. The normalized spacial score (nSPS) is 12.7. The molecule has 49 heavy (non-hydrogen) atoms. The molecule has 3 heterocycles. The summed E-state index contributed by atoms with van der Waals surface area (Å²) in [5, 5.41) is 2.99. The van der Waals surface area contributed by atoms with E-state index >= 15 is 0 Å². The summed E-state index contributed by atoms with van der Waals surface area (Å²) in [6, 6.07) is 42.7. The molecule has 232 valence electrons. The summed E-state index contributed by atoms with van der Waals surface area (Å²) in [4.78, 5) is 18.5. The highest BCUT2D eigenvalue weighted by molar-refractivity contribution is 5.93. The Morgan fingerprint density at radius 1 is 0.633 bits per heavy atom. The second-order valence-corrected chi connectivity index (χ2v) is 11.5. The van der Waals surface area contributed by atoms with Crippen LogP contribution >= 0.6 is 0 Å². The summed E-state index contributed by atoms with van der Waals surface area (Å²) in [7, 11) is 0. The van der Waals surface area contributed by atoms with Gasteiger partial charge >= 0.3 is 0 Å². The van der Waals surface area contributed by atoms with Crippen LogP contribution in [0, 0.1) is 0 Å². The SMILES string of the molecule is [2H]c1nc([2H])c(-c2cccc(-c3nc(-c4ccccc4)nc(-c4ccc(C(=C)/C=c5\c(=C)n(-c6ccccc6)c6ccccc56)cc4)n3)c2)c([2H])c1[2H]. The number of pyridine rings is 1. The Hall–Kier alpha value is -6.72. The number of rotatable bonds is 7. The van der Waals surface area contributed by atoms with E-state index < -0.39 is 6.17 Å². The molecule has 0 atom stereocenters. The van der Waals surface area contributed by atoms with E-state index in [-0.39, 0.29) is 23.8 Å². The predicted octanol–water partition coefficient (Wildman–Crippen LogP) is 8.78. The minimum atomic E-state index is -0.398. The van der Waals surface area contributed by atoms with Gasteiger partial charge < -0.3 is 4.57 Å². The Bertz CT molecular complexity index is 2800. The van der Waals surface area contributed by atoms with Crippen molar-refractivity contribution in [2.45, 2.75) is 0 Å². The van der Waals surface area contributed by atoms with Crippen LogP contribution in [-0.4, -0.2) is 24.5 Å². The lowest BCUT2D eigenvalue weighted by Crippen LogP contribution is -2.26. The smallest absolute Gasteiger partial charge is 0.164 e. The van der Waals surface area contributed by atoms with Crippen LogP contribution in [-0.2, 0) is 0 Å². The van der Waals surface area contributed by atoms with Crippen LogP contribution in [0.25, 0.3) is 80.1 Å². The maximum atomic E-state index is 8.45. The molecule has 8 aromatic rings. The molecule has 0 aliphatic rings. The highest BCUT2D eigenvalue weighted by Gasteiger charge is 2.14. The molecule has 0 saturated carbocycles. The fraction of sp³-hybridized carbons (Fsp3) is 0. The van der Waals surface area contributed by atoms with Crippen LogP contribution < -0.4 is 10.6 Å². The first-order chi connectivity index (χ1) is 25.8. The van der Waals surface area contributed by atoms with Gasteiger partial charge in [0.25, 0.3) is 0 Å². The van der Waals surface area contributed by atoms with Crippen molar-refractivity contribution >= 4 is 29.1 Å². The third-order valence-corrected chi connectivity index (χ3v) is 8.41. The molecule has 8 rings (SSSR count). The number of benzene rings is 5. The van der Waals surface area contributed by atoms with Crippen molar-refractivity contribution in [3.8, 4) is 51.0 Å². The van der Waals surface area contributed by atoms with Crippen molar-refractivity contribution in [3.63, 3.8) is 0 Å². The summed E-state index contributed by atoms with van der Waals surface area (Å²) in [5.41, 5.74) is 6.83. The average molecular weight is 634 g/mol. The van der Waals surface area contributed by atoms with E-state index in [1.54, 1.807) is 18.2 Å². The van der Waals surface area contributed by atoms with Crippen LogP contribution in [0.2, 0.25) is 0 Å². The Kier molecular flexibility index (Phi) is 6.64. The van der Waals surface area contributed by atoms with Gasteiger partial charge in [-0.05, 0) is 53.1 Å². The molecule has 0 N–H and O–H groups in total. The average Bonchev–Trinajstić information content (AvgIpc) is 3.47. The van der Waals surface area contributed by atoms with Crippen LogP contribution in [0.5, 0.6) is 0 Å².